The highest BCUT2D eigenvalue weighted by molar-refractivity contribution is 5.99. The number of aliphatic imine (C=N–C) groups is 1. The van der Waals surface area contributed by atoms with Crippen LogP contribution in [0, 0.1) is 5.41 Å². The van der Waals surface area contributed by atoms with Crippen molar-refractivity contribution in [1.29, 1.82) is 0 Å². The van der Waals surface area contributed by atoms with Gasteiger partial charge in [0.25, 0.3) is 0 Å². The molecule has 17 heavy (non-hydrogen) atoms. The van der Waals surface area contributed by atoms with Gasteiger partial charge in [-0.3, -0.25) is 9.80 Å². The lowest BCUT2D eigenvalue weighted by Crippen LogP contribution is -2.44. The fraction of sp³-hybridized carbons (Fsp3) is 0.455. The van der Waals surface area contributed by atoms with E-state index in [0.29, 0.717) is 24.4 Å². The van der Waals surface area contributed by atoms with Gasteiger partial charge in [0.2, 0.25) is 0 Å². The normalized spacial score (nSPS) is 28.3. The number of rotatable bonds is 3. The zero-order valence-corrected chi connectivity index (χ0v) is 9.38. The van der Waals surface area contributed by atoms with Crippen LogP contribution < -0.4 is 5.43 Å². The van der Waals surface area contributed by atoms with Gasteiger partial charge in [0, 0.05) is 6.20 Å². The number of fused-ring (bicyclic) bond motifs is 1. The van der Waals surface area contributed by atoms with Gasteiger partial charge in [-0.2, -0.15) is 0 Å². The molecule has 1 aliphatic carbocycles. The molecule has 1 fully saturated rings. The molecule has 2 heterocycles. The molecule has 0 spiro atoms. The average molecular weight is 235 g/mol. The Balaban J connectivity index is 1.90. The number of carboxylic acid groups (broad SMARTS) is 1. The number of nitrogens with zero attached hydrogens (tertiary/aromatic N) is 2. The van der Waals surface area contributed by atoms with E-state index in [0.717, 1.165) is 0 Å². The summed E-state index contributed by atoms with van der Waals surface area (Å²) in [4.78, 5) is 15.7. The number of nitrogens with one attached hydrogen (secondary N) is 1. The van der Waals surface area contributed by atoms with Crippen LogP contribution in [0.1, 0.15) is 12.8 Å². The number of carboxylic acids is 1. The van der Waals surface area contributed by atoms with Gasteiger partial charge in [0.05, 0.1) is 7.11 Å². The van der Waals surface area contributed by atoms with E-state index in [1.807, 2.05) is 6.08 Å². The second-order valence-electron chi connectivity index (χ2n) is 4.39. The second kappa shape index (κ2) is 3.33. The third-order valence-electron chi connectivity index (χ3n) is 3.40. The molecule has 1 saturated carbocycles. The average Bonchev–Trinajstić information content (AvgIpc) is 3.02. The Morgan fingerprint density at radius 1 is 1.71 bits per heavy atom. The van der Waals surface area contributed by atoms with Crippen molar-refractivity contribution in [3.05, 3.63) is 24.1 Å². The SMILES string of the molecule is COC1=CC=CN2NC(C3(C(=O)O)CC3)N=C12. The molecule has 1 unspecified atom stereocenters. The van der Waals surface area contributed by atoms with Crippen LogP contribution in [0.25, 0.3) is 0 Å². The zero-order valence-electron chi connectivity index (χ0n) is 9.38. The summed E-state index contributed by atoms with van der Waals surface area (Å²) in [6.07, 6.45) is 6.36. The van der Waals surface area contributed by atoms with Crippen LogP contribution in [0.4, 0.5) is 0 Å². The van der Waals surface area contributed by atoms with Gasteiger partial charge in [-0.15, -0.1) is 0 Å². The minimum Gasteiger partial charge on any atom is -0.493 e. The molecular formula is C11H13N3O3. The molecule has 2 aliphatic heterocycles. The highest BCUT2D eigenvalue weighted by atomic mass is 16.5. The maximum atomic E-state index is 11.2. The molecule has 0 aromatic rings. The number of hydrazine groups is 1. The highest BCUT2D eigenvalue weighted by Gasteiger charge is 2.58. The second-order valence-corrected chi connectivity index (χ2v) is 4.39. The number of hydrogen-bond donors (Lipinski definition) is 2. The standard InChI is InChI=1S/C11H13N3O3/c1-17-7-3-2-6-14-8(7)12-9(13-14)11(4-5-11)10(15)16/h2-3,6,9,13H,4-5H2,1H3,(H,15,16). The maximum Gasteiger partial charge on any atom is 0.313 e. The predicted molar refractivity (Wildman–Crippen MR) is 59.7 cm³/mol. The number of methoxy groups -OCH3 is 1. The van der Waals surface area contributed by atoms with Gasteiger partial charge in [-0.25, -0.2) is 10.4 Å². The third-order valence-corrected chi connectivity index (χ3v) is 3.40. The molecule has 0 bridgehead atoms. The van der Waals surface area contributed by atoms with E-state index in [4.69, 9.17) is 4.74 Å². The molecular weight excluding hydrogens is 222 g/mol. The van der Waals surface area contributed by atoms with Crippen molar-refractivity contribution >= 4 is 11.8 Å². The van der Waals surface area contributed by atoms with Crippen molar-refractivity contribution < 1.29 is 14.6 Å². The third kappa shape index (κ3) is 1.37. The lowest BCUT2D eigenvalue weighted by Gasteiger charge is -2.22. The fourth-order valence-corrected chi connectivity index (χ4v) is 2.14. The number of ether oxygens (including phenoxy) is 1. The van der Waals surface area contributed by atoms with Gasteiger partial charge in [0.15, 0.2) is 11.6 Å². The van der Waals surface area contributed by atoms with E-state index in [9.17, 15) is 9.90 Å². The van der Waals surface area contributed by atoms with Gasteiger partial charge in [-0.1, -0.05) is 0 Å². The van der Waals surface area contributed by atoms with E-state index < -0.39 is 17.6 Å². The summed E-state index contributed by atoms with van der Waals surface area (Å²) in [5, 5.41) is 10.9. The molecule has 1 atom stereocenters. The number of allylic oxidation sites excluding steroid dienone is 2. The lowest BCUT2D eigenvalue weighted by molar-refractivity contribution is -0.144. The summed E-state index contributed by atoms with van der Waals surface area (Å²) in [6, 6.07) is 0. The Morgan fingerprint density at radius 3 is 3.06 bits per heavy atom. The fourth-order valence-electron chi connectivity index (χ4n) is 2.14. The molecule has 2 N–H and O–H groups in total. The summed E-state index contributed by atoms with van der Waals surface area (Å²) in [5.41, 5.74) is 2.34. The lowest BCUT2D eigenvalue weighted by atomic mass is 10.1. The smallest absolute Gasteiger partial charge is 0.313 e. The number of amidine groups is 1. The van der Waals surface area contributed by atoms with Crippen LogP contribution in [0.2, 0.25) is 0 Å². The largest absolute Gasteiger partial charge is 0.493 e. The molecule has 0 aromatic heterocycles. The topological polar surface area (TPSA) is 74.2 Å². The van der Waals surface area contributed by atoms with Crippen LogP contribution in [0.3, 0.4) is 0 Å². The van der Waals surface area contributed by atoms with Gasteiger partial charge in [0.1, 0.15) is 11.6 Å². The first kappa shape index (κ1) is 10.3. The summed E-state index contributed by atoms with van der Waals surface area (Å²) in [7, 11) is 1.57. The van der Waals surface area contributed by atoms with Crippen LogP contribution in [0.15, 0.2) is 29.1 Å². The van der Waals surface area contributed by atoms with Crippen molar-refractivity contribution in [2.75, 3.05) is 7.11 Å². The molecule has 6 nitrogen and oxygen atoms in total. The summed E-state index contributed by atoms with van der Waals surface area (Å²) >= 11 is 0. The van der Waals surface area contributed by atoms with Gasteiger partial charge < -0.3 is 9.84 Å². The van der Waals surface area contributed by atoms with Crippen molar-refractivity contribution in [3.63, 3.8) is 0 Å². The summed E-state index contributed by atoms with van der Waals surface area (Å²) in [5.74, 6) is 0.502. The molecule has 0 amide bonds. The van der Waals surface area contributed by atoms with Crippen molar-refractivity contribution in [1.82, 2.24) is 10.4 Å². The first-order chi connectivity index (χ1) is 8.17. The van der Waals surface area contributed by atoms with E-state index in [-0.39, 0.29) is 0 Å². The predicted octanol–water partition coefficient (Wildman–Crippen LogP) is 0.454. The monoisotopic (exact) mass is 235 g/mol. The van der Waals surface area contributed by atoms with Crippen molar-refractivity contribution in [3.8, 4) is 0 Å². The Labute approximate surface area is 98.2 Å². The Morgan fingerprint density at radius 2 is 2.47 bits per heavy atom. The van der Waals surface area contributed by atoms with Gasteiger partial charge in [-0.05, 0) is 25.0 Å². The van der Waals surface area contributed by atoms with E-state index in [1.165, 1.54) is 0 Å². The van der Waals surface area contributed by atoms with E-state index in [1.54, 1.807) is 24.4 Å². The van der Waals surface area contributed by atoms with E-state index in [2.05, 4.69) is 10.4 Å². The molecule has 90 valence electrons. The first-order valence-electron chi connectivity index (χ1n) is 5.47. The van der Waals surface area contributed by atoms with Crippen LogP contribution in [0.5, 0.6) is 0 Å². The molecule has 0 aromatic carbocycles. The zero-order chi connectivity index (χ0) is 12.0. The minimum atomic E-state index is -0.786. The maximum absolute atomic E-state index is 11.2. The van der Waals surface area contributed by atoms with Crippen LogP contribution in [-0.4, -0.2) is 35.2 Å². The minimum absolute atomic E-state index is 0.406. The molecule has 3 rings (SSSR count). The molecule has 0 saturated heterocycles. The van der Waals surface area contributed by atoms with E-state index >= 15 is 0 Å². The Bertz CT molecular complexity index is 463. The molecule has 6 heteroatoms. The summed E-state index contributed by atoms with van der Waals surface area (Å²) < 4.78 is 5.20. The quantitative estimate of drug-likeness (QED) is 0.743. The molecule has 3 aliphatic rings. The first-order valence-corrected chi connectivity index (χ1v) is 5.47. The molecule has 0 radical (unpaired) electrons. The number of carbonyl (C=O) groups is 1. The highest BCUT2D eigenvalue weighted by Crippen LogP contribution is 2.50. The number of hydrogen-bond acceptors (Lipinski definition) is 5. The van der Waals surface area contributed by atoms with Gasteiger partial charge >= 0.3 is 5.97 Å². The van der Waals surface area contributed by atoms with Crippen molar-refractivity contribution in [2.45, 2.75) is 19.0 Å². The number of aliphatic carboxylic acids is 1. The van der Waals surface area contributed by atoms with Crippen LogP contribution >= 0.6 is 0 Å². The Kier molecular flexibility index (Phi) is 2.03. The van der Waals surface area contributed by atoms with Crippen molar-refractivity contribution in [2.24, 2.45) is 10.4 Å². The van der Waals surface area contributed by atoms with Crippen LogP contribution in [-0.2, 0) is 9.53 Å². The summed E-state index contributed by atoms with van der Waals surface area (Å²) in [6.45, 7) is 0. The Hall–Kier alpha value is -1.82.